The Morgan fingerprint density at radius 3 is 3.00 bits per heavy atom. The summed E-state index contributed by atoms with van der Waals surface area (Å²) >= 11 is 5.47. The van der Waals surface area contributed by atoms with Gasteiger partial charge in [-0.25, -0.2) is 0 Å². The summed E-state index contributed by atoms with van der Waals surface area (Å²) in [6.07, 6.45) is 2.66. The SMILES string of the molecule is Cn1cc(CCCl)nn1. The number of aryl methyl sites for hydroxylation is 2. The van der Waals surface area contributed by atoms with Gasteiger partial charge in [-0.3, -0.25) is 4.68 Å². The highest BCUT2D eigenvalue weighted by molar-refractivity contribution is 6.17. The third-order valence-corrected chi connectivity index (χ3v) is 1.19. The Hall–Kier alpha value is -0.570. The van der Waals surface area contributed by atoms with Crippen molar-refractivity contribution in [3.8, 4) is 0 Å². The van der Waals surface area contributed by atoms with Crippen molar-refractivity contribution in [2.75, 3.05) is 5.88 Å². The summed E-state index contributed by atoms with van der Waals surface area (Å²) in [4.78, 5) is 0. The molecule has 0 amide bonds. The maximum atomic E-state index is 5.47. The van der Waals surface area contributed by atoms with E-state index in [0.717, 1.165) is 12.1 Å². The van der Waals surface area contributed by atoms with Gasteiger partial charge in [0.2, 0.25) is 0 Å². The minimum Gasteiger partial charge on any atom is -0.255 e. The lowest BCUT2D eigenvalue weighted by molar-refractivity contribution is 0.713. The van der Waals surface area contributed by atoms with Crippen molar-refractivity contribution in [2.24, 2.45) is 7.05 Å². The largest absolute Gasteiger partial charge is 0.255 e. The van der Waals surface area contributed by atoms with Crippen LogP contribution in [-0.2, 0) is 13.5 Å². The van der Waals surface area contributed by atoms with E-state index in [0.29, 0.717) is 5.88 Å². The van der Waals surface area contributed by atoms with Crippen molar-refractivity contribution in [2.45, 2.75) is 6.42 Å². The molecular formula is C5H8ClN3. The number of aromatic nitrogens is 3. The molecule has 0 bridgehead atoms. The minimum absolute atomic E-state index is 0.610. The zero-order valence-corrected chi connectivity index (χ0v) is 5.97. The molecule has 1 aromatic rings. The van der Waals surface area contributed by atoms with Crippen molar-refractivity contribution < 1.29 is 0 Å². The molecule has 1 aromatic heterocycles. The van der Waals surface area contributed by atoms with E-state index in [2.05, 4.69) is 10.3 Å². The smallest absolute Gasteiger partial charge is 0.0838 e. The molecule has 0 aliphatic carbocycles. The topological polar surface area (TPSA) is 30.7 Å². The monoisotopic (exact) mass is 145 g/mol. The Morgan fingerprint density at radius 2 is 2.56 bits per heavy atom. The van der Waals surface area contributed by atoms with Crippen LogP contribution in [-0.4, -0.2) is 20.9 Å². The summed E-state index contributed by atoms with van der Waals surface area (Å²) in [5.41, 5.74) is 0.951. The molecule has 1 heterocycles. The van der Waals surface area contributed by atoms with E-state index in [9.17, 15) is 0 Å². The molecule has 0 spiro atoms. The molecule has 4 heteroatoms. The second-order valence-corrected chi connectivity index (χ2v) is 2.20. The van der Waals surface area contributed by atoms with Gasteiger partial charge in [0.15, 0.2) is 0 Å². The molecule has 0 aromatic carbocycles. The van der Waals surface area contributed by atoms with E-state index in [1.165, 1.54) is 0 Å². The molecule has 0 radical (unpaired) electrons. The van der Waals surface area contributed by atoms with Gasteiger partial charge >= 0.3 is 0 Å². The Labute approximate surface area is 58.6 Å². The summed E-state index contributed by atoms with van der Waals surface area (Å²) in [7, 11) is 1.84. The fourth-order valence-corrected chi connectivity index (χ4v) is 0.800. The number of nitrogens with zero attached hydrogens (tertiary/aromatic N) is 3. The van der Waals surface area contributed by atoms with Crippen LogP contribution in [0.3, 0.4) is 0 Å². The van der Waals surface area contributed by atoms with Gasteiger partial charge in [-0.1, -0.05) is 5.21 Å². The average Bonchev–Trinajstić information content (AvgIpc) is 2.17. The minimum atomic E-state index is 0.610. The van der Waals surface area contributed by atoms with Crippen LogP contribution < -0.4 is 0 Å². The second kappa shape index (κ2) is 2.82. The predicted molar refractivity (Wildman–Crippen MR) is 35.4 cm³/mol. The van der Waals surface area contributed by atoms with Crippen LogP contribution in [0, 0.1) is 0 Å². The van der Waals surface area contributed by atoms with Gasteiger partial charge in [-0.2, -0.15) is 0 Å². The fraction of sp³-hybridized carbons (Fsp3) is 0.600. The Bertz CT molecular complexity index is 184. The number of rotatable bonds is 2. The first-order valence-corrected chi connectivity index (χ1v) is 3.27. The van der Waals surface area contributed by atoms with E-state index in [-0.39, 0.29) is 0 Å². The normalized spacial score (nSPS) is 10.0. The third kappa shape index (κ3) is 1.68. The van der Waals surface area contributed by atoms with Crippen molar-refractivity contribution >= 4 is 11.6 Å². The van der Waals surface area contributed by atoms with E-state index in [1.807, 2.05) is 13.2 Å². The number of hydrogen-bond donors (Lipinski definition) is 0. The molecule has 3 nitrogen and oxygen atoms in total. The molecule has 0 saturated heterocycles. The lowest BCUT2D eigenvalue weighted by Gasteiger charge is -1.82. The van der Waals surface area contributed by atoms with Crippen LogP contribution in [0.25, 0.3) is 0 Å². The molecule has 0 aliphatic rings. The first-order chi connectivity index (χ1) is 4.33. The van der Waals surface area contributed by atoms with E-state index in [1.54, 1.807) is 4.68 Å². The molecule has 0 unspecified atom stereocenters. The summed E-state index contributed by atoms with van der Waals surface area (Å²) in [5, 5.41) is 7.58. The quantitative estimate of drug-likeness (QED) is 0.571. The third-order valence-electron chi connectivity index (χ3n) is 1.00. The van der Waals surface area contributed by atoms with Gasteiger partial charge in [-0.05, 0) is 0 Å². The number of hydrogen-bond acceptors (Lipinski definition) is 2. The highest BCUT2D eigenvalue weighted by atomic mass is 35.5. The average molecular weight is 146 g/mol. The predicted octanol–water partition coefficient (Wildman–Crippen LogP) is 0.596. The van der Waals surface area contributed by atoms with E-state index < -0.39 is 0 Å². The van der Waals surface area contributed by atoms with Gasteiger partial charge in [0.25, 0.3) is 0 Å². The second-order valence-electron chi connectivity index (χ2n) is 1.82. The molecule has 0 fully saturated rings. The molecule has 0 saturated carbocycles. The van der Waals surface area contributed by atoms with Gasteiger partial charge in [0.05, 0.1) is 5.69 Å². The first-order valence-electron chi connectivity index (χ1n) is 2.74. The van der Waals surface area contributed by atoms with Crippen molar-refractivity contribution in [3.63, 3.8) is 0 Å². The highest BCUT2D eigenvalue weighted by Gasteiger charge is 1.94. The standard InChI is InChI=1S/C5H8ClN3/c1-9-4-5(2-3-6)7-8-9/h4H,2-3H2,1H3. The molecule has 0 atom stereocenters. The maximum absolute atomic E-state index is 5.47. The highest BCUT2D eigenvalue weighted by Crippen LogP contribution is 1.93. The summed E-state index contributed by atoms with van der Waals surface area (Å²) in [6.45, 7) is 0. The lowest BCUT2D eigenvalue weighted by Crippen LogP contribution is -1.85. The van der Waals surface area contributed by atoms with Gasteiger partial charge in [-0.15, -0.1) is 16.7 Å². The van der Waals surface area contributed by atoms with E-state index >= 15 is 0 Å². The Kier molecular flexibility index (Phi) is 2.05. The van der Waals surface area contributed by atoms with Gasteiger partial charge < -0.3 is 0 Å². The van der Waals surface area contributed by atoms with Crippen molar-refractivity contribution in [1.29, 1.82) is 0 Å². The van der Waals surface area contributed by atoms with Crippen LogP contribution >= 0.6 is 11.6 Å². The van der Waals surface area contributed by atoms with E-state index in [4.69, 9.17) is 11.6 Å². The van der Waals surface area contributed by atoms with Crippen LogP contribution in [0.2, 0.25) is 0 Å². The summed E-state index contributed by atoms with van der Waals surface area (Å²) in [6, 6.07) is 0. The first kappa shape index (κ1) is 6.55. The molecule has 0 N–H and O–H groups in total. The molecule has 1 rings (SSSR count). The van der Waals surface area contributed by atoms with Gasteiger partial charge in [0, 0.05) is 25.5 Å². The van der Waals surface area contributed by atoms with Crippen molar-refractivity contribution in [3.05, 3.63) is 11.9 Å². The Morgan fingerprint density at radius 1 is 1.78 bits per heavy atom. The van der Waals surface area contributed by atoms with Crippen LogP contribution in [0.1, 0.15) is 5.69 Å². The van der Waals surface area contributed by atoms with Crippen LogP contribution in [0.15, 0.2) is 6.20 Å². The number of halogens is 1. The van der Waals surface area contributed by atoms with Gasteiger partial charge in [0.1, 0.15) is 0 Å². The summed E-state index contributed by atoms with van der Waals surface area (Å²) < 4.78 is 1.67. The maximum Gasteiger partial charge on any atom is 0.0838 e. The molecule has 50 valence electrons. The Balaban J connectivity index is 2.61. The zero-order chi connectivity index (χ0) is 6.69. The number of alkyl halides is 1. The van der Waals surface area contributed by atoms with Crippen molar-refractivity contribution in [1.82, 2.24) is 15.0 Å². The molecule has 9 heavy (non-hydrogen) atoms. The zero-order valence-electron chi connectivity index (χ0n) is 5.21. The fourth-order valence-electron chi connectivity index (χ4n) is 0.607. The molecular weight excluding hydrogens is 138 g/mol. The van der Waals surface area contributed by atoms with Crippen LogP contribution in [0.4, 0.5) is 0 Å². The molecule has 0 aliphatic heterocycles. The summed E-state index contributed by atoms with van der Waals surface area (Å²) in [5.74, 6) is 0.610. The van der Waals surface area contributed by atoms with Crippen LogP contribution in [0.5, 0.6) is 0 Å². The lowest BCUT2D eigenvalue weighted by atomic mass is 10.4.